The smallest absolute Gasteiger partial charge is 0.179 e. The van der Waals surface area contributed by atoms with Gasteiger partial charge in [0, 0.05) is 23.5 Å². The first-order valence-electron chi connectivity index (χ1n) is 6.62. The van der Waals surface area contributed by atoms with Gasteiger partial charge in [-0.15, -0.1) is 11.3 Å². The maximum absolute atomic E-state index is 6.42. The Bertz CT molecular complexity index is 616. The zero-order chi connectivity index (χ0) is 15.4. The van der Waals surface area contributed by atoms with Gasteiger partial charge in [0.05, 0.1) is 24.2 Å². The first kappa shape index (κ1) is 16.1. The van der Waals surface area contributed by atoms with Crippen LogP contribution in [0.1, 0.15) is 22.2 Å². The highest BCUT2D eigenvalue weighted by Gasteiger charge is 2.19. The van der Waals surface area contributed by atoms with Crippen molar-refractivity contribution in [3.8, 4) is 11.5 Å². The van der Waals surface area contributed by atoms with E-state index < -0.39 is 0 Å². The van der Waals surface area contributed by atoms with Gasteiger partial charge in [-0.25, -0.2) is 4.98 Å². The second kappa shape index (κ2) is 7.11. The third-order valence-electron chi connectivity index (χ3n) is 3.30. The number of nitrogens with two attached hydrogens (primary N) is 1. The molecule has 0 radical (unpaired) electrons. The van der Waals surface area contributed by atoms with Crippen molar-refractivity contribution in [3.63, 3.8) is 0 Å². The Hall–Kier alpha value is -1.30. The van der Waals surface area contributed by atoms with E-state index in [0.717, 1.165) is 22.7 Å². The zero-order valence-electron chi connectivity index (χ0n) is 12.4. The number of halogens is 1. The minimum atomic E-state index is 0.152. The molecule has 0 saturated carbocycles. The fourth-order valence-corrected chi connectivity index (χ4v) is 3.41. The molecule has 2 N–H and O–H groups in total. The highest BCUT2D eigenvalue weighted by Crippen LogP contribution is 2.39. The summed E-state index contributed by atoms with van der Waals surface area (Å²) in [4.78, 5) is 4.52. The molecular formula is C15H19ClN2O2S. The lowest BCUT2D eigenvalue weighted by Crippen LogP contribution is -2.15. The summed E-state index contributed by atoms with van der Waals surface area (Å²) in [5, 5.41) is 3.65. The second-order valence-corrected chi connectivity index (χ2v) is 6.01. The second-order valence-electron chi connectivity index (χ2n) is 4.74. The topological polar surface area (TPSA) is 57.4 Å². The van der Waals surface area contributed by atoms with Crippen LogP contribution in [0, 0.1) is 6.92 Å². The number of methoxy groups -OCH3 is 2. The van der Waals surface area contributed by atoms with Crippen LogP contribution in [0.15, 0.2) is 17.5 Å². The summed E-state index contributed by atoms with van der Waals surface area (Å²) in [5.41, 5.74) is 7.91. The van der Waals surface area contributed by atoms with E-state index in [4.69, 9.17) is 26.8 Å². The average Bonchev–Trinajstić information content (AvgIpc) is 2.92. The Morgan fingerprint density at radius 3 is 2.62 bits per heavy atom. The summed E-state index contributed by atoms with van der Waals surface area (Å²) < 4.78 is 10.6. The zero-order valence-corrected chi connectivity index (χ0v) is 13.9. The van der Waals surface area contributed by atoms with Crippen molar-refractivity contribution in [3.05, 3.63) is 38.8 Å². The van der Waals surface area contributed by atoms with E-state index in [1.54, 1.807) is 25.6 Å². The maximum Gasteiger partial charge on any atom is 0.179 e. The molecule has 0 aliphatic rings. The van der Waals surface area contributed by atoms with E-state index in [-0.39, 0.29) is 5.92 Å². The maximum atomic E-state index is 6.42. The Morgan fingerprint density at radius 2 is 2.10 bits per heavy atom. The van der Waals surface area contributed by atoms with E-state index in [9.17, 15) is 0 Å². The monoisotopic (exact) mass is 326 g/mol. The molecule has 1 atom stereocenters. The predicted molar refractivity (Wildman–Crippen MR) is 86.9 cm³/mol. The van der Waals surface area contributed by atoms with Crippen molar-refractivity contribution in [2.24, 2.45) is 5.73 Å². The van der Waals surface area contributed by atoms with Crippen molar-refractivity contribution in [2.75, 3.05) is 20.8 Å². The van der Waals surface area contributed by atoms with Gasteiger partial charge in [-0.05, 0) is 25.0 Å². The SMILES string of the molecule is COc1ccc(CC(CN)c2nc(C)cs2)c(Cl)c1OC. The quantitative estimate of drug-likeness (QED) is 0.883. The van der Waals surface area contributed by atoms with Crippen LogP contribution in [0.2, 0.25) is 5.02 Å². The molecule has 1 unspecified atom stereocenters. The Kier molecular flexibility index (Phi) is 5.45. The first-order valence-corrected chi connectivity index (χ1v) is 7.87. The number of hydrogen-bond acceptors (Lipinski definition) is 5. The lowest BCUT2D eigenvalue weighted by molar-refractivity contribution is 0.354. The van der Waals surface area contributed by atoms with Crippen LogP contribution >= 0.6 is 22.9 Å². The van der Waals surface area contributed by atoms with Crippen LogP contribution in [0.25, 0.3) is 0 Å². The standard InChI is InChI=1S/C15H19ClN2O2S/c1-9-8-21-15(18-9)11(7-17)6-10-4-5-12(19-2)14(20-3)13(10)16/h4-5,8,11H,6-7,17H2,1-3H3. The summed E-state index contributed by atoms with van der Waals surface area (Å²) in [7, 11) is 3.17. The summed E-state index contributed by atoms with van der Waals surface area (Å²) in [6.45, 7) is 2.51. The molecule has 0 aliphatic carbocycles. The molecule has 0 fully saturated rings. The fourth-order valence-electron chi connectivity index (χ4n) is 2.18. The summed E-state index contributed by atoms with van der Waals surface area (Å²) in [5.74, 6) is 1.34. The van der Waals surface area contributed by atoms with Crippen molar-refractivity contribution < 1.29 is 9.47 Å². The van der Waals surface area contributed by atoms with Gasteiger partial charge in [0.2, 0.25) is 0 Å². The van der Waals surface area contributed by atoms with E-state index in [0.29, 0.717) is 23.1 Å². The number of rotatable bonds is 6. The third kappa shape index (κ3) is 3.48. The van der Waals surface area contributed by atoms with E-state index >= 15 is 0 Å². The van der Waals surface area contributed by atoms with Gasteiger partial charge in [-0.3, -0.25) is 0 Å². The molecule has 0 aliphatic heterocycles. The fraction of sp³-hybridized carbons (Fsp3) is 0.400. The minimum Gasteiger partial charge on any atom is -0.493 e. The van der Waals surface area contributed by atoms with Gasteiger partial charge in [-0.2, -0.15) is 0 Å². The summed E-state index contributed by atoms with van der Waals surface area (Å²) in [6, 6.07) is 3.81. The lowest BCUT2D eigenvalue weighted by Gasteiger charge is -2.16. The largest absolute Gasteiger partial charge is 0.493 e. The normalized spacial score (nSPS) is 12.2. The van der Waals surface area contributed by atoms with Crippen molar-refractivity contribution >= 4 is 22.9 Å². The highest BCUT2D eigenvalue weighted by atomic mass is 35.5. The molecular weight excluding hydrogens is 308 g/mol. The predicted octanol–water partition coefficient (Wildman–Crippen LogP) is 3.41. The molecule has 2 rings (SSSR count). The summed E-state index contributed by atoms with van der Waals surface area (Å²) >= 11 is 8.06. The van der Waals surface area contributed by atoms with Gasteiger partial charge in [0.15, 0.2) is 11.5 Å². The third-order valence-corrected chi connectivity index (χ3v) is 4.84. The van der Waals surface area contributed by atoms with Crippen molar-refractivity contribution in [2.45, 2.75) is 19.3 Å². The van der Waals surface area contributed by atoms with Gasteiger partial charge >= 0.3 is 0 Å². The molecule has 0 saturated heterocycles. The number of hydrogen-bond donors (Lipinski definition) is 1. The number of aryl methyl sites for hydroxylation is 1. The number of nitrogens with zero attached hydrogens (tertiary/aromatic N) is 1. The molecule has 6 heteroatoms. The lowest BCUT2D eigenvalue weighted by atomic mass is 9.99. The molecule has 2 aromatic rings. The van der Waals surface area contributed by atoms with Crippen LogP contribution in [0.4, 0.5) is 0 Å². The van der Waals surface area contributed by atoms with Gasteiger partial charge in [0.25, 0.3) is 0 Å². The molecule has 1 aromatic heterocycles. The Morgan fingerprint density at radius 1 is 1.33 bits per heavy atom. The van der Waals surface area contributed by atoms with Crippen LogP contribution in [0.3, 0.4) is 0 Å². The van der Waals surface area contributed by atoms with Crippen LogP contribution in [-0.4, -0.2) is 25.7 Å². The Balaban J connectivity index is 2.29. The van der Waals surface area contributed by atoms with E-state index in [2.05, 4.69) is 4.98 Å². The van der Waals surface area contributed by atoms with Gasteiger partial charge in [-0.1, -0.05) is 17.7 Å². The molecule has 0 spiro atoms. The van der Waals surface area contributed by atoms with Crippen LogP contribution in [-0.2, 0) is 6.42 Å². The minimum absolute atomic E-state index is 0.152. The van der Waals surface area contributed by atoms with E-state index in [1.165, 1.54) is 0 Å². The molecule has 114 valence electrons. The van der Waals surface area contributed by atoms with Gasteiger partial charge in [0.1, 0.15) is 0 Å². The van der Waals surface area contributed by atoms with Gasteiger partial charge < -0.3 is 15.2 Å². The first-order chi connectivity index (χ1) is 10.1. The molecule has 1 aromatic carbocycles. The van der Waals surface area contributed by atoms with E-state index in [1.807, 2.05) is 24.4 Å². The number of benzene rings is 1. The molecule has 1 heterocycles. The number of ether oxygens (including phenoxy) is 2. The van der Waals surface area contributed by atoms with Crippen LogP contribution < -0.4 is 15.2 Å². The van der Waals surface area contributed by atoms with Crippen LogP contribution in [0.5, 0.6) is 11.5 Å². The van der Waals surface area contributed by atoms with Crippen molar-refractivity contribution in [1.82, 2.24) is 4.98 Å². The molecule has 0 amide bonds. The molecule has 4 nitrogen and oxygen atoms in total. The average molecular weight is 327 g/mol. The molecule has 21 heavy (non-hydrogen) atoms. The summed E-state index contributed by atoms with van der Waals surface area (Å²) in [6.07, 6.45) is 0.725. The number of aromatic nitrogens is 1. The molecule has 0 bridgehead atoms. The highest BCUT2D eigenvalue weighted by molar-refractivity contribution is 7.09. The number of thiazole rings is 1. The van der Waals surface area contributed by atoms with Crippen molar-refractivity contribution in [1.29, 1.82) is 0 Å². The Labute approximate surface area is 133 Å².